The van der Waals surface area contributed by atoms with Gasteiger partial charge in [-0.1, -0.05) is 15.9 Å². The Bertz CT molecular complexity index is 632. The van der Waals surface area contributed by atoms with Gasteiger partial charge in [0.25, 0.3) is 5.56 Å². The molecule has 0 saturated carbocycles. The van der Waals surface area contributed by atoms with Crippen molar-refractivity contribution in [2.45, 2.75) is 25.4 Å². The van der Waals surface area contributed by atoms with Crippen LogP contribution in [0.15, 0.2) is 33.8 Å². The van der Waals surface area contributed by atoms with E-state index in [4.69, 9.17) is 0 Å². The molecule has 2 heterocycles. The standard InChI is InChI=1S/C13H14BrN3O/c14-9-3-4-11-12(6-9)16-8-17(13(11)18)7-10-2-1-5-15-10/h3-4,6,8,10,15H,1-2,5,7H2. The van der Waals surface area contributed by atoms with Crippen LogP contribution in [-0.4, -0.2) is 22.1 Å². The van der Waals surface area contributed by atoms with Gasteiger partial charge in [0, 0.05) is 17.1 Å². The van der Waals surface area contributed by atoms with E-state index in [-0.39, 0.29) is 5.56 Å². The molecule has 1 fully saturated rings. The van der Waals surface area contributed by atoms with E-state index in [1.165, 1.54) is 6.42 Å². The van der Waals surface area contributed by atoms with Crippen LogP contribution in [0.1, 0.15) is 12.8 Å². The zero-order chi connectivity index (χ0) is 12.5. The van der Waals surface area contributed by atoms with Crippen molar-refractivity contribution in [1.82, 2.24) is 14.9 Å². The van der Waals surface area contributed by atoms with Gasteiger partial charge in [-0.3, -0.25) is 9.36 Å². The fourth-order valence-corrected chi connectivity index (χ4v) is 2.76. The zero-order valence-electron chi connectivity index (χ0n) is 9.90. The van der Waals surface area contributed by atoms with Crippen molar-refractivity contribution in [3.05, 3.63) is 39.4 Å². The maximum Gasteiger partial charge on any atom is 0.261 e. The molecule has 0 spiro atoms. The number of halogens is 1. The first-order valence-corrected chi connectivity index (χ1v) is 6.91. The quantitative estimate of drug-likeness (QED) is 0.922. The summed E-state index contributed by atoms with van der Waals surface area (Å²) in [7, 11) is 0. The maximum atomic E-state index is 12.3. The summed E-state index contributed by atoms with van der Waals surface area (Å²) in [6.45, 7) is 1.76. The van der Waals surface area contributed by atoms with Gasteiger partial charge in [0.15, 0.2) is 0 Å². The predicted octanol–water partition coefficient (Wildman–Crippen LogP) is 1.91. The molecule has 1 unspecified atom stereocenters. The molecular weight excluding hydrogens is 294 g/mol. The van der Waals surface area contributed by atoms with E-state index in [2.05, 4.69) is 26.2 Å². The fraction of sp³-hybridized carbons (Fsp3) is 0.385. The smallest absolute Gasteiger partial charge is 0.261 e. The molecule has 1 aliphatic rings. The molecule has 2 aromatic rings. The van der Waals surface area contributed by atoms with Crippen molar-refractivity contribution >= 4 is 26.8 Å². The van der Waals surface area contributed by atoms with Crippen LogP contribution in [0.2, 0.25) is 0 Å². The van der Waals surface area contributed by atoms with Crippen molar-refractivity contribution in [2.24, 2.45) is 0 Å². The minimum Gasteiger partial charge on any atom is -0.312 e. The first kappa shape index (κ1) is 11.9. The number of benzene rings is 1. The third-order valence-electron chi connectivity index (χ3n) is 3.37. The Morgan fingerprint density at radius 2 is 2.39 bits per heavy atom. The Balaban J connectivity index is 2.00. The lowest BCUT2D eigenvalue weighted by atomic mass is 10.2. The van der Waals surface area contributed by atoms with Crippen molar-refractivity contribution in [2.75, 3.05) is 6.54 Å². The Morgan fingerprint density at radius 3 is 3.17 bits per heavy atom. The van der Waals surface area contributed by atoms with Crippen LogP contribution >= 0.6 is 15.9 Å². The molecule has 18 heavy (non-hydrogen) atoms. The summed E-state index contributed by atoms with van der Waals surface area (Å²) in [5.74, 6) is 0. The highest BCUT2D eigenvalue weighted by molar-refractivity contribution is 9.10. The van der Waals surface area contributed by atoms with Crippen LogP contribution in [0.4, 0.5) is 0 Å². The van der Waals surface area contributed by atoms with E-state index in [0.29, 0.717) is 18.0 Å². The first-order chi connectivity index (χ1) is 8.74. The molecule has 4 nitrogen and oxygen atoms in total. The summed E-state index contributed by atoms with van der Waals surface area (Å²) in [5, 5.41) is 4.07. The highest BCUT2D eigenvalue weighted by atomic mass is 79.9. The second kappa shape index (κ2) is 4.82. The summed E-state index contributed by atoms with van der Waals surface area (Å²) < 4.78 is 2.65. The summed E-state index contributed by atoms with van der Waals surface area (Å²) in [4.78, 5) is 16.7. The van der Waals surface area contributed by atoms with Crippen LogP contribution < -0.4 is 10.9 Å². The molecule has 3 rings (SSSR count). The number of hydrogen-bond acceptors (Lipinski definition) is 3. The van der Waals surface area contributed by atoms with E-state index in [0.717, 1.165) is 23.0 Å². The highest BCUT2D eigenvalue weighted by Crippen LogP contribution is 2.15. The molecule has 1 N–H and O–H groups in total. The predicted molar refractivity (Wildman–Crippen MR) is 74.7 cm³/mol. The van der Waals surface area contributed by atoms with Crippen LogP contribution in [0.25, 0.3) is 10.9 Å². The molecule has 1 saturated heterocycles. The zero-order valence-corrected chi connectivity index (χ0v) is 11.5. The molecular formula is C13H14BrN3O. The highest BCUT2D eigenvalue weighted by Gasteiger charge is 2.15. The number of aromatic nitrogens is 2. The molecule has 0 aliphatic carbocycles. The molecule has 0 amide bonds. The number of hydrogen-bond donors (Lipinski definition) is 1. The van der Waals surface area contributed by atoms with E-state index < -0.39 is 0 Å². The summed E-state index contributed by atoms with van der Waals surface area (Å²) in [6.07, 6.45) is 3.97. The van der Waals surface area contributed by atoms with Crippen molar-refractivity contribution in [3.63, 3.8) is 0 Å². The molecule has 1 aromatic carbocycles. The Morgan fingerprint density at radius 1 is 1.50 bits per heavy atom. The summed E-state index contributed by atoms with van der Waals surface area (Å²) in [6, 6.07) is 5.98. The number of nitrogens with zero attached hydrogens (tertiary/aromatic N) is 2. The van der Waals surface area contributed by atoms with Crippen molar-refractivity contribution < 1.29 is 0 Å². The van der Waals surface area contributed by atoms with Crippen LogP contribution in [0.5, 0.6) is 0 Å². The molecule has 1 aliphatic heterocycles. The number of fused-ring (bicyclic) bond motifs is 1. The number of rotatable bonds is 2. The van der Waals surface area contributed by atoms with Crippen LogP contribution in [-0.2, 0) is 6.54 Å². The van der Waals surface area contributed by atoms with E-state index in [1.807, 2.05) is 18.2 Å². The van der Waals surface area contributed by atoms with Gasteiger partial charge in [-0.25, -0.2) is 4.98 Å². The fourth-order valence-electron chi connectivity index (χ4n) is 2.41. The topological polar surface area (TPSA) is 46.9 Å². The first-order valence-electron chi connectivity index (χ1n) is 6.12. The second-order valence-corrected chi connectivity index (χ2v) is 5.57. The normalized spacial score (nSPS) is 19.5. The minimum absolute atomic E-state index is 0.0428. The van der Waals surface area contributed by atoms with Crippen LogP contribution in [0, 0.1) is 0 Å². The van der Waals surface area contributed by atoms with Gasteiger partial charge in [0.1, 0.15) is 0 Å². The maximum absolute atomic E-state index is 12.3. The van der Waals surface area contributed by atoms with Crippen molar-refractivity contribution in [1.29, 1.82) is 0 Å². The molecule has 1 aromatic heterocycles. The third-order valence-corrected chi connectivity index (χ3v) is 3.86. The van der Waals surface area contributed by atoms with Crippen LogP contribution in [0.3, 0.4) is 0 Å². The van der Waals surface area contributed by atoms with E-state index >= 15 is 0 Å². The largest absolute Gasteiger partial charge is 0.312 e. The third kappa shape index (κ3) is 2.20. The van der Waals surface area contributed by atoms with Gasteiger partial charge in [0.05, 0.1) is 17.2 Å². The lowest BCUT2D eigenvalue weighted by molar-refractivity contribution is 0.497. The summed E-state index contributed by atoms with van der Waals surface area (Å²) >= 11 is 3.39. The Labute approximate surface area is 113 Å². The minimum atomic E-state index is 0.0428. The van der Waals surface area contributed by atoms with Gasteiger partial charge in [-0.05, 0) is 37.6 Å². The van der Waals surface area contributed by atoms with E-state index in [1.54, 1.807) is 10.9 Å². The second-order valence-electron chi connectivity index (χ2n) is 4.66. The Hall–Kier alpha value is -1.20. The SMILES string of the molecule is O=c1c2ccc(Br)cc2ncn1CC1CCCN1. The van der Waals surface area contributed by atoms with Gasteiger partial charge in [-0.15, -0.1) is 0 Å². The van der Waals surface area contributed by atoms with Gasteiger partial charge >= 0.3 is 0 Å². The Kier molecular flexibility index (Phi) is 3.18. The van der Waals surface area contributed by atoms with Gasteiger partial charge in [0.2, 0.25) is 0 Å². The molecule has 5 heteroatoms. The van der Waals surface area contributed by atoms with Gasteiger partial charge < -0.3 is 5.32 Å². The average molecular weight is 308 g/mol. The van der Waals surface area contributed by atoms with E-state index in [9.17, 15) is 4.79 Å². The molecule has 94 valence electrons. The number of nitrogens with one attached hydrogen (secondary N) is 1. The molecule has 0 bridgehead atoms. The lowest BCUT2D eigenvalue weighted by Crippen LogP contribution is -2.32. The molecule has 0 radical (unpaired) electrons. The summed E-state index contributed by atoms with van der Waals surface area (Å²) in [5.41, 5.74) is 0.784. The molecule has 1 atom stereocenters. The lowest BCUT2D eigenvalue weighted by Gasteiger charge is -2.12. The van der Waals surface area contributed by atoms with Crippen molar-refractivity contribution in [3.8, 4) is 0 Å². The van der Waals surface area contributed by atoms with Gasteiger partial charge in [-0.2, -0.15) is 0 Å². The average Bonchev–Trinajstić information content (AvgIpc) is 2.85. The monoisotopic (exact) mass is 307 g/mol.